The number of hydrogen-bond donors (Lipinski definition) is 1. The van der Waals surface area contributed by atoms with E-state index in [1.807, 2.05) is 18.1 Å². The van der Waals surface area contributed by atoms with Crippen molar-refractivity contribution in [2.75, 3.05) is 25.0 Å². The van der Waals surface area contributed by atoms with Crippen molar-refractivity contribution in [3.63, 3.8) is 0 Å². The maximum Gasteiger partial charge on any atom is 0.225 e. The van der Waals surface area contributed by atoms with Crippen molar-refractivity contribution in [3.05, 3.63) is 17.5 Å². The van der Waals surface area contributed by atoms with Crippen LogP contribution in [0.25, 0.3) is 0 Å². The molecule has 0 bridgehead atoms. The van der Waals surface area contributed by atoms with E-state index in [-0.39, 0.29) is 0 Å². The van der Waals surface area contributed by atoms with Gasteiger partial charge in [-0.25, -0.2) is 9.97 Å². The molecule has 1 aromatic rings. The first-order chi connectivity index (χ1) is 8.45. The second-order valence-electron chi connectivity index (χ2n) is 5.53. The smallest absolute Gasteiger partial charge is 0.225 e. The molecule has 0 saturated carbocycles. The molecule has 2 N–H and O–H groups in total. The van der Waals surface area contributed by atoms with Crippen LogP contribution in [0.1, 0.15) is 44.9 Å². The first-order valence-corrected chi connectivity index (χ1v) is 6.72. The summed E-state index contributed by atoms with van der Waals surface area (Å²) in [6.45, 7) is 10.2. The molecule has 18 heavy (non-hydrogen) atoms. The molecule has 0 fully saturated rings. The average Bonchev–Trinajstić information content (AvgIpc) is 2.28. The van der Waals surface area contributed by atoms with Gasteiger partial charge < -0.3 is 10.6 Å². The Hall–Kier alpha value is -1.16. The van der Waals surface area contributed by atoms with Crippen molar-refractivity contribution < 1.29 is 0 Å². The van der Waals surface area contributed by atoms with E-state index in [2.05, 4.69) is 32.7 Å². The predicted molar refractivity (Wildman–Crippen MR) is 77.0 cm³/mol. The lowest BCUT2D eigenvalue weighted by molar-refractivity contribution is 0.621. The van der Waals surface area contributed by atoms with Gasteiger partial charge in [-0.1, -0.05) is 27.7 Å². The van der Waals surface area contributed by atoms with Crippen LogP contribution in [0.2, 0.25) is 0 Å². The van der Waals surface area contributed by atoms with Crippen molar-refractivity contribution in [2.24, 2.45) is 11.7 Å². The third-order valence-corrected chi connectivity index (χ3v) is 2.92. The number of likely N-dealkylation sites (N-methyl/N-ethyl adjacent to an activating group) is 1. The van der Waals surface area contributed by atoms with Gasteiger partial charge >= 0.3 is 0 Å². The number of aromatic nitrogens is 2. The van der Waals surface area contributed by atoms with Crippen molar-refractivity contribution >= 4 is 5.95 Å². The molecule has 4 nitrogen and oxygen atoms in total. The topological polar surface area (TPSA) is 55.0 Å². The van der Waals surface area contributed by atoms with E-state index >= 15 is 0 Å². The average molecular weight is 250 g/mol. The fourth-order valence-electron chi connectivity index (χ4n) is 1.93. The molecule has 0 unspecified atom stereocenters. The summed E-state index contributed by atoms with van der Waals surface area (Å²) >= 11 is 0. The zero-order chi connectivity index (χ0) is 13.7. The highest BCUT2D eigenvalue weighted by Gasteiger charge is 2.13. The van der Waals surface area contributed by atoms with Crippen LogP contribution in [0.15, 0.2) is 6.20 Å². The summed E-state index contributed by atoms with van der Waals surface area (Å²) in [5.74, 6) is 1.85. The van der Waals surface area contributed by atoms with E-state index in [1.54, 1.807) is 0 Å². The van der Waals surface area contributed by atoms with E-state index in [1.165, 1.54) is 11.3 Å². The maximum atomic E-state index is 5.57. The third-order valence-electron chi connectivity index (χ3n) is 2.92. The van der Waals surface area contributed by atoms with Crippen LogP contribution in [-0.2, 0) is 6.42 Å². The van der Waals surface area contributed by atoms with E-state index in [0.29, 0.717) is 18.4 Å². The molecule has 0 saturated heterocycles. The summed E-state index contributed by atoms with van der Waals surface area (Å²) in [5.41, 5.74) is 8.00. The van der Waals surface area contributed by atoms with Crippen LogP contribution >= 0.6 is 0 Å². The first kappa shape index (κ1) is 14.9. The van der Waals surface area contributed by atoms with Crippen molar-refractivity contribution in [1.82, 2.24) is 9.97 Å². The van der Waals surface area contributed by atoms with Gasteiger partial charge in [-0.2, -0.15) is 0 Å². The summed E-state index contributed by atoms with van der Waals surface area (Å²) in [6, 6.07) is 0. The van der Waals surface area contributed by atoms with Crippen LogP contribution in [0.4, 0.5) is 5.95 Å². The van der Waals surface area contributed by atoms with Crippen LogP contribution in [0, 0.1) is 5.92 Å². The Labute approximate surface area is 111 Å². The molecule has 1 aromatic heterocycles. The molecule has 0 aromatic carbocycles. The maximum absolute atomic E-state index is 5.57. The van der Waals surface area contributed by atoms with Gasteiger partial charge in [0.1, 0.15) is 0 Å². The lowest BCUT2D eigenvalue weighted by atomic mass is 9.98. The quantitative estimate of drug-likeness (QED) is 0.841. The van der Waals surface area contributed by atoms with E-state index in [9.17, 15) is 0 Å². The second-order valence-corrected chi connectivity index (χ2v) is 5.53. The first-order valence-electron chi connectivity index (χ1n) is 6.72. The summed E-state index contributed by atoms with van der Waals surface area (Å²) in [7, 11) is 1.98. The zero-order valence-corrected chi connectivity index (χ0v) is 12.3. The molecule has 0 aliphatic heterocycles. The third kappa shape index (κ3) is 3.95. The summed E-state index contributed by atoms with van der Waals surface area (Å²) in [5, 5.41) is 0. The van der Waals surface area contributed by atoms with Gasteiger partial charge in [-0.15, -0.1) is 0 Å². The number of nitrogens with zero attached hydrogens (tertiary/aromatic N) is 3. The van der Waals surface area contributed by atoms with Crippen molar-refractivity contribution in [2.45, 2.75) is 40.0 Å². The number of anilines is 1. The molecular formula is C14H26N4. The SMILES string of the molecule is CC(C)Cc1nc(N(C)CCN)ncc1C(C)C. The van der Waals surface area contributed by atoms with Crippen molar-refractivity contribution in [3.8, 4) is 0 Å². The molecular weight excluding hydrogens is 224 g/mol. The van der Waals surface area contributed by atoms with Gasteiger partial charge in [0, 0.05) is 32.0 Å². The minimum absolute atomic E-state index is 0.465. The summed E-state index contributed by atoms with van der Waals surface area (Å²) in [4.78, 5) is 11.2. The van der Waals surface area contributed by atoms with Gasteiger partial charge in [0.05, 0.1) is 0 Å². The second kappa shape index (κ2) is 6.69. The Kier molecular flexibility index (Phi) is 5.54. The van der Waals surface area contributed by atoms with Gasteiger partial charge in [0.25, 0.3) is 0 Å². The monoisotopic (exact) mass is 250 g/mol. The minimum Gasteiger partial charge on any atom is -0.343 e. The van der Waals surface area contributed by atoms with Crippen LogP contribution < -0.4 is 10.6 Å². The van der Waals surface area contributed by atoms with Crippen molar-refractivity contribution in [1.29, 1.82) is 0 Å². The van der Waals surface area contributed by atoms with Gasteiger partial charge in [-0.3, -0.25) is 0 Å². The highest BCUT2D eigenvalue weighted by atomic mass is 15.2. The molecule has 102 valence electrons. The highest BCUT2D eigenvalue weighted by molar-refractivity contribution is 5.33. The minimum atomic E-state index is 0.465. The van der Waals surface area contributed by atoms with Gasteiger partial charge in [0.2, 0.25) is 5.95 Å². The Bertz CT molecular complexity index is 374. The largest absolute Gasteiger partial charge is 0.343 e. The summed E-state index contributed by atoms with van der Waals surface area (Å²) in [6.07, 6.45) is 2.97. The van der Waals surface area contributed by atoms with E-state index in [0.717, 1.165) is 18.9 Å². The Balaban J connectivity index is 3.04. The standard InChI is InChI=1S/C14H26N4/c1-10(2)8-13-12(11(3)4)9-16-14(17-13)18(5)7-6-15/h9-11H,6-8,15H2,1-5H3. The Morgan fingerprint density at radius 1 is 1.28 bits per heavy atom. The lowest BCUT2D eigenvalue weighted by Gasteiger charge is -2.19. The zero-order valence-electron chi connectivity index (χ0n) is 12.3. The molecule has 4 heteroatoms. The highest BCUT2D eigenvalue weighted by Crippen LogP contribution is 2.21. The Morgan fingerprint density at radius 2 is 1.94 bits per heavy atom. The van der Waals surface area contributed by atoms with Crippen LogP contribution in [0.5, 0.6) is 0 Å². The molecule has 1 rings (SSSR count). The number of hydrogen-bond acceptors (Lipinski definition) is 4. The molecule has 0 atom stereocenters. The molecule has 1 heterocycles. The molecule has 0 amide bonds. The predicted octanol–water partition coefficient (Wildman–Crippen LogP) is 2.19. The van der Waals surface area contributed by atoms with E-state index in [4.69, 9.17) is 10.7 Å². The lowest BCUT2D eigenvalue weighted by Crippen LogP contribution is -2.27. The molecule has 0 aliphatic carbocycles. The number of rotatable bonds is 6. The van der Waals surface area contributed by atoms with Gasteiger partial charge in [-0.05, 0) is 23.8 Å². The van der Waals surface area contributed by atoms with Crippen LogP contribution in [0.3, 0.4) is 0 Å². The molecule has 0 spiro atoms. The molecule has 0 radical (unpaired) electrons. The fraction of sp³-hybridized carbons (Fsp3) is 0.714. The normalized spacial score (nSPS) is 11.3. The summed E-state index contributed by atoms with van der Waals surface area (Å²) < 4.78 is 0. The molecule has 0 aliphatic rings. The number of nitrogens with two attached hydrogens (primary N) is 1. The van der Waals surface area contributed by atoms with E-state index < -0.39 is 0 Å². The fourth-order valence-corrected chi connectivity index (χ4v) is 1.93. The van der Waals surface area contributed by atoms with Crippen LogP contribution in [-0.4, -0.2) is 30.1 Å². The van der Waals surface area contributed by atoms with Gasteiger partial charge in [0.15, 0.2) is 0 Å². The Morgan fingerprint density at radius 3 is 2.44 bits per heavy atom.